The third kappa shape index (κ3) is 3.38. The minimum atomic E-state index is 0.676. The summed E-state index contributed by atoms with van der Waals surface area (Å²) in [5, 5.41) is 7.46. The van der Waals surface area contributed by atoms with Crippen molar-refractivity contribution in [3.8, 4) is 0 Å². The quantitative estimate of drug-likeness (QED) is 0.691. The third-order valence-electron chi connectivity index (χ3n) is 2.83. The molecule has 0 spiro atoms. The van der Waals surface area contributed by atoms with E-state index in [0.29, 0.717) is 13.1 Å². The Morgan fingerprint density at radius 3 is 2.95 bits per heavy atom. The van der Waals surface area contributed by atoms with Crippen LogP contribution in [0.5, 0.6) is 0 Å². The number of furan rings is 1. The Labute approximate surface area is 130 Å². The molecule has 0 atom stereocenters. The number of halogens is 1. The fourth-order valence-corrected chi connectivity index (χ4v) is 2.38. The van der Waals surface area contributed by atoms with Gasteiger partial charge in [0.05, 0.1) is 13.1 Å². The molecule has 0 bridgehead atoms. The van der Waals surface area contributed by atoms with Gasteiger partial charge in [0.2, 0.25) is 0 Å². The van der Waals surface area contributed by atoms with Crippen LogP contribution >= 0.6 is 22.6 Å². The lowest BCUT2D eigenvalue weighted by Crippen LogP contribution is -2.02. The zero-order valence-corrected chi connectivity index (χ0v) is 12.8. The van der Waals surface area contributed by atoms with Crippen LogP contribution in [0.3, 0.4) is 0 Å². The van der Waals surface area contributed by atoms with Crippen molar-refractivity contribution in [3.63, 3.8) is 0 Å². The zero-order chi connectivity index (χ0) is 13.8. The zero-order valence-electron chi connectivity index (χ0n) is 10.7. The van der Waals surface area contributed by atoms with E-state index in [1.165, 1.54) is 5.56 Å². The Hall–Kier alpha value is -1.83. The van der Waals surface area contributed by atoms with E-state index in [2.05, 4.69) is 50.1 Å². The summed E-state index contributed by atoms with van der Waals surface area (Å²) in [5.41, 5.74) is 2.24. The minimum Gasteiger partial charge on any atom is -0.454 e. The second-order valence-corrected chi connectivity index (χ2v) is 5.42. The molecule has 0 saturated heterocycles. The Bertz CT molecular complexity index is 678. The highest BCUT2D eigenvalue weighted by Crippen LogP contribution is 2.15. The first-order valence-corrected chi connectivity index (χ1v) is 7.27. The summed E-state index contributed by atoms with van der Waals surface area (Å²) < 4.78 is 8.22. The number of nitrogens with zero attached hydrogens (tertiary/aromatic N) is 3. The summed E-state index contributed by atoms with van der Waals surface area (Å²) in [6.07, 6.45) is 3.26. The Morgan fingerprint density at radius 1 is 1.25 bits per heavy atom. The van der Waals surface area contributed by atoms with E-state index in [0.717, 1.165) is 15.2 Å². The van der Waals surface area contributed by atoms with Gasteiger partial charge in [-0.05, 0) is 52.4 Å². The van der Waals surface area contributed by atoms with Crippen molar-refractivity contribution in [2.45, 2.75) is 13.1 Å². The maximum absolute atomic E-state index is 5.52. The van der Waals surface area contributed by atoms with E-state index >= 15 is 0 Å². The lowest BCUT2D eigenvalue weighted by atomic mass is 10.2. The Balaban J connectivity index is 1.65. The van der Waals surface area contributed by atoms with Gasteiger partial charge in [-0.3, -0.25) is 0 Å². The predicted molar refractivity (Wildman–Crippen MR) is 84.3 cm³/mol. The minimum absolute atomic E-state index is 0.676. The number of anilines is 1. The standard InChI is InChI=1S/C14H13IN4O/c15-14-5-4-13(20-14)7-17-12-3-1-2-11(6-12)8-19-10-16-9-18-19/h1-6,9-10,17H,7-8H2. The second-order valence-electron chi connectivity index (χ2n) is 4.35. The molecule has 2 heterocycles. The van der Waals surface area contributed by atoms with Gasteiger partial charge < -0.3 is 9.73 Å². The summed E-state index contributed by atoms with van der Waals surface area (Å²) in [5.74, 6) is 0.927. The highest BCUT2D eigenvalue weighted by molar-refractivity contribution is 14.1. The summed E-state index contributed by atoms with van der Waals surface area (Å²) in [7, 11) is 0. The first-order chi connectivity index (χ1) is 9.79. The Kier molecular flexibility index (Phi) is 4.00. The van der Waals surface area contributed by atoms with Gasteiger partial charge >= 0.3 is 0 Å². The molecule has 0 aliphatic heterocycles. The van der Waals surface area contributed by atoms with Crippen molar-refractivity contribution >= 4 is 28.3 Å². The van der Waals surface area contributed by atoms with Gasteiger partial charge in [0, 0.05) is 5.69 Å². The normalized spacial score (nSPS) is 10.7. The van der Waals surface area contributed by atoms with E-state index in [-0.39, 0.29) is 0 Å². The average molecular weight is 380 g/mol. The Morgan fingerprint density at radius 2 is 2.20 bits per heavy atom. The molecule has 0 aliphatic rings. The fourth-order valence-electron chi connectivity index (χ4n) is 1.92. The van der Waals surface area contributed by atoms with Crippen LogP contribution < -0.4 is 5.32 Å². The number of nitrogens with one attached hydrogen (secondary N) is 1. The molecule has 0 amide bonds. The fraction of sp³-hybridized carbons (Fsp3) is 0.143. The van der Waals surface area contributed by atoms with Crippen molar-refractivity contribution < 1.29 is 4.42 Å². The van der Waals surface area contributed by atoms with Crippen LogP contribution in [-0.2, 0) is 13.1 Å². The molecule has 2 aromatic heterocycles. The summed E-state index contributed by atoms with van der Waals surface area (Å²) in [4.78, 5) is 3.94. The van der Waals surface area contributed by atoms with Crippen LogP contribution in [0.15, 0.2) is 53.5 Å². The third-order valence-corrected chi connectivity index (χ3v) is 3.41. The topological polar surface area (TPSA) is 55.9 Å². The molecule has 3 rings (SSSR count). The molecule has 5 nitrogen and oxygen atoms in total. The van der Waals surface area contributed by atoms with Crippen LogP contribution in [0.1, 0.15) is 11.3 Å². The van der Waals surface area contributed by atoms with Crippen molar-refractivity contribution in [2.75, 3.05) is 5.32 Å². The molecule has 1 aromatic carbocycles. The van der Waals surface area contributed by atoms with Gasteiger partial charge in [-0.1, -0.05) is 12.1 Å². The number of hydrogen-bond donors (Lipinski definition) is 1. The molecule has 0 radical (unpaired) electrons. The van der Waals surface area contributed by atoms with Crippen molar-refractivity contribution in [1.29, 1.82) is 0 Å². The van der Waals surface area contributed by atoms with Crippen LogP contribution in [0.4, 0.5) is 5.69 Å². The molecule has 20 heavy (non-hydrogen) atoms. The van der Waals surface area contributed by atoms with E-state index in [4.69, 9.17) is 4.42 Å². The molecular weight excluding hydrogens is 367 g/mol. The predicted octanol–water partition coefficient (Wildman–Crippen LogP) is 3.14. The number of aromatic nitrogens is 3. The molecule has 6 heteroatoms. The van der Waals surface area contributed by atoms with E-state index in [1.807, 2.05) is 24.3 Å². The number of rotatable bonds is 5. The maximum atomic E-state index is 5.52. The van der Waals surface area contributed by atoms with Gasteiger partial charge in [0.1, 0.15) is 18.4 Å². The molecule has 102 valence electrons. The van der Waals surface area contributed by atoms with Crippen molar-refractivity contribution in [3.05, 3.63) is 64.1 Å². The van der Waals surface area contributed by atoms with E-state index in [9.17, 15) is 0 Å². The summed E-state index contributed by atoms with van der Waals surface area (Å²) >= 11 is 2.16. The first kappa shape index (κ1) is 13.2. The summed E-state index contributed by atoms with van der Waals surface area (Å²) in [6, 6.07) is 12.2. The number of benzene rings is 1. The van der Waals surface area contributed by atoms with Crippen LogP contribution in [-0.4, -0.2) is 14.8 Å². The van der Waals surface area contributed by atoms with Crippen molar-refractivity contribution in [1.82, 2.24) is 14.8 Å². The maximum Gasteiger partial charge on any atom is 0.164 e. The monoisotopic (exact) mass is 380 g/mol. The highest BCUT2D eigenvalue weighted by Gasteiger charge is 2.01. The SMILES string of the molecule is Ic1ccc(CNc2cccc(Cn3cncn3)c2)o1. The summed E-state index contributed by atoms with van der Waals surface area (Å²) in [6.45, 7) is 1.39. The lowest BCUT2D eigenvalue weighted by Gasteiger charge is -2.07. The molecule has 0 unspecified atom stereocenters. The first-order valence-electron chi connectivity index (χ1n) is 6.19. The van der Waals surface area contributed by atoms with Gasteiger partial charge in [-0.25, -0.2) is 9.67 Å². The highest BCUT2D eigenvalue weighted by atomic mass is 127. The smallest absolute Gasteiger partial charge is 0.164 e. The second kappa shape index (κ2) is 6.08. The lowest BCUT2D eigenvalue weighted by molar-refractivity contribution is 0.493. The van der Waals surface area contributed by atoms with Gasteiger partial charge in [-0.15, -0.1) is 0 Å². The average Bonchev–Trinajstić information content (AvgIpc) is 3.09. The van der Waals surface area contributed by atoms with Gasteiger partial charge in [0.15, 0.2) is 3.77 Å². The van der Waals surface area contributed by atoms with Crippen LogP contribution in [0.2, 0.25) is 0 Å². The molecule has 1 N–H and O–H groups in total. The van der Waals surface area contributed by atoms with Crippen LogP contribution in [0, 0.1) is 3.77 Å². The van der Waals surface area contributed by atoms with E-state index in [1.54, 1.807) is 17.3 Å². The molecule has 0 aliphatic carbocycles. The molecule has 3 aromatic rings. The molecule has 0 fully saturated rings. The van der Waals surface area contributed by atoms with Crippen molar-refractivity contribution in [2.24, 2.45) is 0 Å². The number of hydrogen-bond acceptors (Lipinski definition) is 4. The van der Waals surface area contributed by atoms with Crippen LogP contribution in [0.25, 0.3) is 0 Å². The largest absolute Gasteiger partial charge is 0.454 e. The van der Waals surface area contributed by atoms with Gasteiger partial charge in [0.25, 0.3) is 0 Å². The molecular formula is C14H13IN4O. The van der Waals surface area contributed by atoms with Gasteiger partial charge in [-0.2, -0.15) is 5.10 Å². The van der Waals surface area contributed by atoms with E-state index < -0.39 is 0 Å². The molecule has 0 saturated carbocycles.